The van der Waals surface area contributed by atoms with Crippen molar-refractivity contribution in [1.82, 2.24) is 9.88 Å². The first-order valence-electron chi connectivity index (χ1n) is 6.50. The molecule has 114 valence electrons. The van der Waals surface area contributed by atoms with E-state index in [1.165, 1.54) is 6.26 Å². The summed E-state index contributed by atoms with van der Waals surface area (Å²) in [6.07, 6.45) is 2.79. The second-order valence-corrected chi connectivity index (χ2v) is 8.18. The lowest BCUT2D eigenvalue weighted by atomic mass is 9.91. The van der Waals surface area contributed by atoms with Crippen LogP contribution in [0, 0.1) is 0 Å². The number of nitrogens with zero attached hydrogens (tertiary/aromatic N) is 2. The highest BCUT2D eigenvalue weighted by atomic mass is 32.2. The Morgan fingerprint density at radius 3 is 2.35 bits per heavy atom. The smallest absolute Gasteiger partial charge is 0.177 e. The summed E-state index contributed by atoms with van der Waals surface area (Å²) in [7, 11) is 0.568. The molecule has 0 aliphatic heterocycles. The van der Waals surface area contributed by atoms with Gasteiger partial charge in [-0.2, -0.15) is 0 Å². The van der Waals surface area contributed by atoms with Gasteiger partial charge in [0.05, 0.1) is 16.8 Å². The van der Waals surface area contributed by atoms with Gasteiger partial charge in [0.1, 0.15) is 12.4 Å². The van der Waals surface area contributed by atoms with Crippen molar-refractivity contribution in [2.24, 2.45) is 0 Å². The van der Waals surface area contributed by atoms with Crippen LogP contribution in [0.1, 0.15) is 26.5 Å². The lowest BCUT2D eigenvalue weighted by molar-refractivity contribution is 0.260. The average molecular weight is 300 g/mol. The first kappa shape index (κ1) is 16.9. The fourth-order valence-electron chi connectivity index (χ4n) is 1.70. The fourth-order valence-corrected chi connectivity index (χ4v) is 2.74. The van der Waals surface area contributed by atoms with Crippen LogP contribution in [0.4, 0.5) is 0 Å². The molecule has 0 saturated carbocycles. The van der Waals surface area contributed by atoms with Gasteiger partial charge in [0, 0.05) is 24.3 Å². The van der Waals surface area contributed by atoms with Crippen LogP contribution in [0.15, 0.2) is 17.2 Å². The normalized spacial score (nSPS) is 12.8. The number of aromatic nitrogens is 1. The Labute approximate surface area is 121 Å². The molecule has 0 aliphatic carbocycles. The first-order chi connectivity index (χ1) is 9.01. The van der Waals surface area contributed by atoms with Crippen LogP contribution in [-0.2, 0) is 15.3 Å². The molecule has 0 N–H and O–H groups in total. The van der Waals surface area contributed by atoms with Gasteiger partial charge in [-0.3, -0.25) is 4.98 Å². The van der Waals surface area contributed by atoms with Crippen molar-refractivity contribution in [1.29, 1.82) is 0 Å². The van der Waals surface area contributed by atoms with Gasteiger partial charge in [-0.1, -0.05) is 20.8 Å². The molecule has 1 rings (SSSR count). The van der Waals surface area contributed by atoms with Crippen LogP contribution in [0.3, 0.4) is 0 Å². The van der Waals surface area contributed by atoms with Crippen molar-refractivity contribution in [3.05, 3.63) is 18.0 Å². The largest absolute Gasteiger partial charge is 0.491 e. The molecule has 1 aromatic rings. The van der Waals surface area contributed by atoms with E-state index >= 15 is 0 Å². The van der Waals surface area contributed by atoms with Crippen LogP contribution < -0.4 is 4.74 Å². The van der Waals surface area contributed by atoms with E-state index in [1.807, 2.05) is 39.8 Å². The molecule has 0 aliphatic rings. The predicted molar refractivity (Wildman–Crippen MR) is 80.1 cm³/mol. The Kier molecular flexibility index (Phi) is 5.15. The predicted octanol–water partition coefficient (Wildman–Crippen LogP) is 1.72. The lowest BCUT2D eigenvalue weighted by Gasteiger charge is -2.21. The summed E-state index contributed by atoms with van der Waals surface area (Å²) >= 11 is 0. The van der Waals surface area contributed by atoms with Gasteiger partial charge in [0.2, 0.25) is 0 Å². The zero-order valence-corrected chi connectivity index (χ0v) is 13.9. The van der Waals surface area contributed by atoms with E-state index in [2.05, 4.69) is 4.98 Å². The Bertz CT molecular complexity index is 560. The van der Waals surface area contributed by atoms with Crippen LogP contribution in [-0.4, -0.2) is 51.8 Å². The zero-order valence-electron chi connectivity index (χ0n) is 13.1. The summed E-state index contributed by atoms with van der Waals surface area (Å²) in [5.74, 6) is 0.486. The second kappa shape index (κ2) is 6.10. The van der Waals surface area contributed by atoms with Crippen LogP contribution >= 0.6 is 0 Å². The number of sulfone groups is 1. The maximum Gasteiger partial charge on any atom is 0.177 e. The van der Waals surface area contributed by atoms with Crippen molar-refractivity contribution in [2.45, 2.75) is 31.1 Å². The summed E-state index contributed by atoms with van der Waals surface area (Å²) in [4.78, 5) is 6.53. The molecule has 0 radical (unpaired) electrons. The summed E-state index contributed by atoms with van der Waals surface area (Å²) in [5, 5.41) is 0. The molecule has 0 bridgehead atoms. The second-order valence-electron chi connectivity index (χ2n) is 6.19. The van der Waals surface area contributed by atoms with Crippen molar-refractivity contribution in [2.75, 3.05) is 33.5 Å². The Balaban J connectivity index is 3.10. The van der Waals surface area contributed by atoms with E-state index in [0.29, 0.717) is 18.1 Å². The third-order valence-electron chi connectivity index (χ3n) is 2.74. The SMILES string of the molecule is CN(C)CCOc1cnc(C(C)(C)C)c(S(C)(=O)=O)c1. The number of rotatable bonds is 5. The highest BCUT2D eigenvalue weighted by molar-refractivity contribution is 7.90. The highest BCUT2D eigenvalue weighted by Gasteiger charge is 2.25. The van der Waals surface area contributed by atoms with Crippen LogP contribution in [0.25, 0.3) is 0 Å². The molecule has 0 fully saturated rings. The molecular formula is C14H24N2O3S. The molecule has 0 atom stereocenters. The lowest BCUT2D eigenvalue weighted by Crippen LogP contribution is -2.21. The molecule has 5 nitrogen and oxygen atoms in total. The third-order valence-corrected chi connectivity index (χ3v) is 3.85. The van der Waals surface area contributed by atoms with E-state index in [9.17, 15) is 8.42 Å². The minimum atomic E-state index is -3.33. The van der Waals surface area contributed by atoms with Gasteiger partial charge >= 0.3 is 0 Å². The van der Waals surface area contributed by atoms with Crippen molar-refractivity contribution < 1.29 is 13.2 Å². The zero-order chi connectivity index (χ0) is 15.6. The highest BCUT2D eigenvalue weighted by Crippen LogP contribution is 2.29. The summed E-state index contributed by atoms with van der Waals surface area (Å²) < 4.78 is 29.4. The summed E-state index contributed by atoms with van der Waals surface area (Å²) in [6, 6.07) is 1.57. The van der Waals surface area contributed by atoms with Crippen molar-refractivity contribution >= 4 is 9.84 Å². The van der Waals surface area contributed by atoms with Gasteiger partial charge in [-0.15, -0.1) is 0 Å². The topological polar surface area (TPSA) is 59.5 Å². The number of likely N-dealkylation sites (N-methyl/N-ethyl adjacent to an activating group) is 1. The van der Waals surface area contributed by atoms with E-state index < -0.39 is 9.84 Å². The Morgan fingerprint density at radius 1 is 1.30 bits per heavy atom. The van der Waals surface area contributed by atoms with Crippen LogP contribution in [0.5, 0.6) is 5.75 Å². The minimum Gasteiger partial charge on any atom is -0.491 e. The molecular weight excluding hydrogens is 276 g/mol. The molecule has 0 saturated heterocycles. The maximum absolute atomic E-state index is 11.9. The summed E-state index contributed by atoms with van der Waals surface area (Å²) in [5.41, 5.74) is 0.237. The van der Waals surface area contributed by atoms with Gasteiger partial charge in [0.15, 0.2) is 9.84 Å². The summed E-state index contributed by atoms with van der Waals surface area (Å²) in [6.45, 7) is 7.08. The molecule has 6 heteroatoms. The number of ether oxygens (including phenoxy) is 1. The molecule has 0 aromatic carbocycles. The number of pyridine rings is 1. The number of hydrogen-bond acceptors (Lipinski definition) is 5. The molecule has 1 aromatic heterocycles. The van der Waals surface area contributed by atoms with E-state index in [4.69, 9.17) is 4.74 Å². The van der Waals surface area contributed by atoms with Crippen molar-refractivity contribution in [3.8, 4) is 5.75 Å². The van der Waals surface area contributed by atoms with Gasteiger partial charge in [-0.25, -0.2) is 8.42 Å². The molecule has 1 heterocycles. The van der Waals surface area contributed by atoms with Gasteiger partial charge < -0.3 is 9.64 Å². The first-order valence-corrected chi connectivity index (χ1v) is 8.39. The van der Waals surface area contributed by atoms with Crippen LogP contribution in [0.2, 0.25) is 0 Å². The van der Waals surface area contributed by atoms with Crippen molar-refractivity contribution in [3.63, 3.8) is 0 Å². The molecule has 20 heavy (non-hydrogen) atoms. The van der Waals surface area contributed by atoms with Gasteiger partial charge in [0.25, 0.3) is 0 Å². The quantitative estimate of drug-likeness (QED) is 0.828. The fraction of sp³-hybridized carbons (Fsp3) is 0.643. The standard InChI is InChI=1S/C14H24N2O3S/c1-14(2,3)13-12(20(6,17)18)9-11(10-15-13)19-8-7-16(4)5/h9-10H,7-8H2,1-6H3. The monoisotopic (exact) mass is 300 g/mol. The maximum atomic E-state index is 11.9. The molecule has 0 unspecified atom stereocenters. The van der Waals surface area contributed by atoms with E-state index in [1.54, 1.807) is 12.3 Å². The molecule has 0 amide bonds. The molecule has 0 spiro atoms. The minimum absolute atomic E-state index is 0.243. The average Bonchev–Trinajstić information content (AvgIpc) is 2.25. The Morgan fingerprint density at radius 2 is 1.90 bits per heavy atom. The number of hydrogen-bond donors (Lipinski definition) is 0. The van der Waals surface area contributed by atoms with Gasteiger partial charge in [-0.05, 0) is 14.1 Å². The Hall–Kier alpha value is -1.14. The van der Waals surface area contributed by atoms with E-state index in [0.717, 1.165) is 6.54 Å². The van der Waals surface area contributed by atoms with E-state index in [-0.39, 0.29) is 10.3 Å². The third kappa shape index (κ3) is 4.76.